The van der Waals surface area contributed by atoms with Gasteiger partial charge < -0.3 is 10.6 Å². The van der Waals surface area contributed by atoms with E-state index < -0.39 is 0 Å². The summed E-state index contributed by atoms with van der Waals surface area (Å²) in [6, 6.07) is 14.6. The number of aromatic nitrogens is 1. The van der Waals surface area contributed by atoms with Gasteiger partial charge in [-0.25, -0.2) is 4.39 Å². The molecule has 0 aliphatic rings. The molecule has 0 saturated carbocycles. The number of nitrogens with zero attached hydrogens (tertiary/aromatic N) is 2. The summed E-state index contributed by atoms with van der Waals surface area (Å²) in [5.41, 5.74) is 7.59. The van der Waals surface area contributed by atoms with E-state index in [9.17, 15) is 4.39 Å². The van der Waals surface area contributed by atoms with Crippen LogP contribution in [-0.2, 0) is 0 Å². The normalized spacial score (nSPS) is 11.0. The molecule has 0 atom stereocenters. The smallest absolute Gasteiger partial charge is 0.124 e. The molecule has 3 rings (SSSR count). The molecule has 5 heteroatoms. The van der Waals surface area contributed by atoms with Gasteiger partial charge in [-0.05, 0) is 60.9 Å². The number of hydrogen-bond donors (Lipinski definition) is 1. The fraction of sp³-hybridized carbons (Fsp3) is 0.188. The fourth-order valence-electron chi connectivity index (χ4n) is 2.29. The molecule has 0 spiro atoms. The first-order valence-corrected chi connectivity index (χ1v) is 7.64. The number of anilines is 2. The molecule has 108 valence electrons. The largest absolute Gasteiger partial charge is 0.331 e. The minimum absolute atomic E-state index is 0.230. The minimum Gasteiger partial charge on any atom is -0.331 e. The molecule has 1 aromatic heterocycles. The second-order valence-electron chi connectivity index (χ2n) is 4.78. The van der Waals surface area contributed by atoms with Crippen LogP contribution in [0.1, 0.15) is 6.42 Å². The lowest BCUT2D eigenvalue weighted by atomic mass is 10.2. The minimum atomic E-state index is -0.230. The van der Waals surface area contributed by atoms with Crippen molar-refractivity contribution in [3.8, 4) is 0 Å². The van der Waals surface area contributed by atoms with Gasteiger partial charge in [0.25, 0.3) is 0 Å². The maximum absolute atomic E-state index is 13.1. The number of halogens is 1. The van der Waals surface area contributed by atoms with Gasteiger partial charge in [-0.15, -0.1) is 0 Å². The van der Waals surface area contributed by atoms with E-state index in [2.05, 4.69) is 15.3 Å². The molecule has 0 unspecified atom stereocenters. The van der Waals surface area contributed by atoms with Gasteiger partial charge in [0.05, 0.1) is 5.52 Å². The Morgan fingerprint density at radius 2 is 1.86 bits per heavy atom. The number of rotatable bonds is 5. The molecule has 0 saturated heterocycles. The van der Waals surface area contributed by atoms with E-state index >= 15 is 0 Å². The molecule has 3 aromatic rings. The maximum atomic E-state index is 13.1. The first-order chi connectivity index (χ1) is 10.3. The molecular formula is C16H16FN3S. The number of hydrogen-bond acceptors (Lipinski definition) is 4. The second-order valence-corrected chi connectivity index (χ2v) is 5.53. The van der Waals surface area contributed by atoms with Crippen LogP contribution in [0.2, 0.25) is 0 Å². The van der Waals surface area contributed by atoms with Gasteiger partial charge >= 0.3 is 0 Å². The Hall–Kier alpha value is -1.98. The zero-order valence-electron chi connectivity index (χ0n) is 11.5. The first-order valence-electron chi connectivity index (χ1n) is 6.87. The number of nitrogens with two attached hydrogens (primary N) is 1. The highest BCUT2D eigenvalue weighted by Gasteiger charge is 2.15. The molecular weight excluding hydrogens is 285 g/mol. The zero-order valence-corrected chi connectivity index (χ0v) is 12.3. The molecule has 2 N–H and O–H groups in total. The van der Waals surface area contributed by atoms with Crippen molar-refractivity contribution < 1.29 is 4.39 Å². The molecule has 0 bridgehead atoms. The summed E-state index contributed by atoms with van der Waals surface area (Å²) in [4.78, 5) is 2.16. The lowest BCUT2D eigenvalue weighted by Crippen LogP contribution is -2.20. The summed E-state index contributed by atoms with van der Waals surface area (Å²) in [6.45, 7) is 1.41. The summed E-state index contributed by atoms with van der Waals surface area (Å²) >= 11 is 1.46. The van der Waals surface area contributed by atoms with Gasteiger partial charge in [-0.2, -0.15) is 4.37 Å². The molecule has 0 amide bonds. The molecule has 0 radical (unpaired) electrons. The molecule has 21 heavy (non-hydrogen) atoms. The highest BCUT2D eigenvalue weighted by atomic mass is 32.1. The Balaban J connectivity index is 2.04. The van der Waals surface area contributed by atoms with Crippen LogP contribution in [0.15, 0.2) is 48.5 Å². The second kappa shape index (κ2) is 6.20. The van der Waals surface area contributed by atoms with E-state index in [0.29, 0.717) is 6.54 Å². The van der Waals surface area contributed by atoms with Crippen molar-refractivity contribution in [3.05, 3.63) is 54.3 Å². The molecule has 2 aromatic carbocycles. The van der Waals surface area contributed by atoms with Crippen molar-refractivity contribution in [2.75, 3.05) is 18.0 Å². The van der Waals surface area contributed by atoms with Crippen molar-refractivity contribution in [1.29, 1.82) is 0 Å². The van der Waals surface area contributed by atoms with Gasteiger partial charge in [0, 0.05) is 17.6 Å². The van der Waals surface area contributed by atoms with E-state index in [1.54, 1.807) is 12.1 Å². The van der Waals surface area contributed by atoms with E-state index in [4.69, 9.17) is 5.73 Å². The van der Waals surface area contributed by atoms with Gasteiger partial charge in [0.1, 0.15) is 10.8 Å². The number of benzene rings is 2. The van der Waals surface area contributed by atoms with Crippen LogP contribution in [0.25, 0.3) is 10.9 Å². The molecule has 0 aliphatic heterocycles. The number of fused-ring (bicyclic) bond motifs is 1. The van der Waals surface area contributed by atoms with E-state index in [1.165, 1.54) is 23.7 Å². The van der Waals surface area contributed by atoms with Crippen LogP contribution in [0.5, 0.6) is 0 Å². The van der Waals surface area contributed by atoms with Crippen LogP contribution >= 0.6 is 11.5 Å². The van der Waals surface area contributed by atoms with Gasteiger partial charge in [0.15, 0.2) is 0 Å². The Bertz CT molecular complexity index is 724. The Morgan fingerprint density at radius 1 is 1.10 bits per heavy atom. The first kappa shape index (κ1) is 14.0. The SMILES string of the molecule is NCCCN(c1ccc(F)cc1)c1snc2ccccc12. The lowest BCUT2D eigenvalue weighted by Gasteiger charge is -2.23. The summed E-state index contributed by atoms with van der Waals surface area (Å²) in [5, 5.41) is 2.19. The maximum Gasteiger partial charge on any atom is 0.124 e. The predicted octanol–water partition coefficient (Wildman–Crippen LogP) is 3.92. The Kier molecular flexibility index (Phi) is 4.13. The van der Waals surface area contributed by atoms with Gasteiger partial charge in [-0.3, -0.25) is 0 Å². The topological polar surface area (TPSA) is 42.1 Å². The zero-order chi connectivity index (χ0) is 14.7. The van der Waals surface area contributed by atoms with E-state index in [1.807, 2.05) is 18.2 Å². The molecule has 3 nitrogen and oxygen atoms in total. The average molecular weight is 301 g/mol. The molecule has 0 fully saturated rings. The third-order valence-electron chi connectivity index (χ3n) is 3.33. The predicted molar refractivity (Wildman–Crippen MR) is 86.7 cm³/mol. The van der Waals surface area contributed by atoms with Crippen LogP contribution in [-0.4, -0.2) is 17.5 Å². The fourth-order valence-corrected chi connectivity index (χ4v) is 3.20. The Labute approximate surface area is 127 Å². The van der Waals surface area contributed by atoms with E-state index in [-0.39, 0.29) is 5.82 Å². The lowest BCUT2D eigenvalue weighted by molar-refractivity contribution is 0.627. The summed E-state index contributed by atoms with van der Waals surface area (Å²) < 4.78 is 17.6. The molecule has 0 aliphatic carbocycles. The molecule has 1 heterocycles. The van der Waals surface area contributed by atoms with E-state index in [0.717, 1.165) is 34.6 Å². The van der Waals surface area contributed by atoms with Crippen molar-refractivity contribution >= 4 is 33.1 Å². The van der Waals surface area contributed by atoms with Crippen LogP contribution < -0.4 is 10.6 Å². The van der Waals surface area contributed by atoms with Crippen LogP contribution in [0.3, 0.4) is 0 Å². The monoisotopic (exact) mass is 301 g/mol. The highest BCUT2D eigenvalue weighted by Crippen LogP contribution is 2.35. The third kappa shape index (κ3) is 2.89. The quantitative estimate of drug-likeness (QED) is 0.776. The van der Waals surface area contributed by atoms with Crippen LogP contribution in [0.4, 0.5) is 15.1 Å². The summed E-state index contributed by atoms with van der Waals surface area (Å²) in [5.74, 6) is -0.230. The van der Waals surface area contributed by atoms with Crippen molar-refractivity contribution in [1.82, 2.24) is 4.37 Å². The van der Waals surface area contributed by atoms with Crippen LogP contribution in [0, 0.1) is 5.82 Å². The highest BCUT2D eigenvalue weighted by molar-refractivity contribution is 7.12. The standard InChI is InChI=1S/C16H16FN3S/c17-12-6-8-13(9-7-12)20(11-3-10-18)16-14-4-1-2-5-15(14)19-21-16/h1-2,4-9H,3,10-11,18H2. The van der Waals surface area contributed by atoms with Gasteiger partial charge in [0.2, 0.25) is 0 Å². The van der Waals surface area contributed by atoms with Gasteiger partial charge in [-0.1, -0.05) is 12.1 Å². The van der Waals surface area contributed by atoms with Crippen molar-refractivity contribution in [2.24, 2.45) is 5.73 Å². The van der Waals surface area contributed by atoms with Crippen molar-refractivity contribution in [3.63, 3.8) is 0 Å². The Morgan fingerprint density at radius 3 is 2.62 bits per heavy atom. The average Bonchev–Trinajstić information content (AvgIpc) is 2.93. The summed E-state index contributed by atoms with van der Waals surface area (Å²) in [7, 11) is 0. The third-order valence-corrected chi connectivity index (χ3v) is 4.24. The summed E-state index contributed by atoms with van der Waals surface area (Å²) in [6.07, 6.45) is 0.865. The van der Waals surface area contributed by atoms with Crippen molar-refractivity contribution in [2.45, 2.75) is 6.42 Å².